The Labute approximate surface area is 200 Å². The number of morpholine rings is 1. The van der Waals surface area contributed by atoms with Crippen LogP contribution in [0.15, 0.2) is 58.6 Å². The van der Waals surface area contributed by atoms with Crippen LogP contribution in [0.1, 0.15) is 31.9 Å². The summed E-state index contributed by atoms with van der Waals surface area (Å²) in [7, 11) is -3.71. The molecule has 0 radical (unpaired) electrons. The van der Waals surface area contributed by atoms with Crippen molar-refractivity contribution < 1.29 is 22.8 Å². The van der Waals surface area contributed by atoms with Crippen molar-refractivity contribution in [2.75, 3.05) is 49.6 Å². The summed E-state index contributed by atoms with van der Waals surface area (Å²) >= 11 is 0. The normalized spacial score (nSPS) is 18.8. The topological polar surface area (TPSA) is 101 Å². The lowest BCUT2D eigenvalue weighted by Crippen LogP contribution is -2.40. The van der Waals surface area contributed by atoms with E-state index in [1.165, 1.54) is 10.4 Å². The fourth-order valence-corrected chi connectivity index (χ4v) is 5.54. The van der Waals surface area contributed by atoms with Crippen molar-refractivity contribution in [3.8, 4) is 0 Å². The molecule has 9 nitrogen and oxygen atoms in total. The molecule has 2 aromatic carbocycles. The molecule has 1 saturated heterocycles. The summed E-state index contributed by atoms with van der Waals surface area (Å²) < 4.78 is 33.1. The number of carbonyl (C=O) groups is 1. The van der Waals surface area contributed by atoms with E-state index in [1.54, 1.807) is 12.1 Å². The van der Waals surface area contributed by atoms with Crippen LogP contribution in [-0.2, 0) is 24.4 Å². The molecule has 0 aliphatic carbocycles. The van der Waals surface area contributed by atoms with Crippen molar-refractivity contribution in [1.82, 2.24) is 4.31 Å². The Balaban J connectivity index is 1.58. The predicted molar refractivity (Wildman–Crippen MR) is 131 cm³/mol. The highest BCUT2D eigenvalue weighted by Gasteiger charge is 2.30. The summed E-state index contributed by atoms with van der Waals surface area (Å²) in [4.78, 5) is 20.8. The monoisotopic (exact) mass is 486 g/mol. The van der Waals surface area contributed by atoms with Crippen LogP contribution in [-0.4, -0.2) is 63.7 Å². The number of benzene rings is 2. The van der Waals surface area contributed by atoms with E-state index < -0.39 is 15.9 Å². The average Bonchev–Trinajstić information content (AvgIpc) is 3.37. The Bertz CT molecular complexity index is 1140. The summed E-state index contributed by atoms with van der Waals surface area (Å²) in [5.41, 5.74) is 2.38. The summed E-state index contributed by atoms with van der Waals surface area (Å²) in [5, 5.41) is 6.89. The minimum atomic E-state index is -3.71. The first-order valence-corrected chi connectivity index (χ1v) is 12.9. The van der Waals surface area contributed by atoms with Crippen LogP contribution in [0.2, 0.25) is 0 Å². The van der Waals surface area contributed by atoms with E-state index in [1.807, 2.05) is 44.2 Å². The summed E-state index contributed by atoms with van der Waals surface area (Å²) in [6.07, 6.45) is 0.0135. The molecule has 0 aromatic heterocycles. The quantitative estimate of drug-likeness (QED) is 0.616. The number of sulfonamides is 1. The van der Waals surface area contributed by atoms with Gasteiger partial charge < -0.3 is 19.8 Å². The SMILES string of the molecule is CCN(CC)c1ccc(S(=O)(=O)N2CCOCC2)cc1NC(=O)C1=NOC(c2ccccc2)C1. The summed E-state index contributed by atoms with van der Waals surface area (Å²) in [5.74, 6) is -0.409. The number of nitrogens with one attached hydrogen (secondary N) is 1. The van der Waals surface area contributed by atoms with Crippen LogP contribution in [0.5, 0.6) is 0 Å². The fourth-order valence-electron chi connectivity index (χ4n) is 4.10. The zero-order chi connectivity index (χ0) is 24.1. The maximum Gasteiger partial charge on any atom is 0.273 e. The number of amides is 1. The van der Waals surface area contributed by atoms with Gasteiger partial charge in [-0.15, -0.1) is 0 Å². The van der Waals surface area contributed by atoms with Crippen LogP contribution in [0, 0.1) is 0 Å². The molecule has 2 aliphatic rings. The molecule has 1 atom stereocenters. The van der Waals surface area contributed by atoms with Crippen LogP contribution in [0.3, 0.4) is 0 Å². The molecule has 1 unspecified atom stereocenters. The van der Waals surface area contributed by atoms with Crippen molar-refractivity contribution in [2.24, 2.45) is 5.16 Å². The van der Waals surface area contributed by atoms with Crippen molar-refractivity contribution in [3.63, 3.8) is 0 Å². The molecule has 1 amide bonds. The van der Waals surface area contributed by atoms with Crippen LogP contribution >= 0.6 is 0 Å². The largest absolute Gasteiger partial charge is 0.387 e. The third kappa shape index (κ3) is 5.08. The number of oxime groups is 1. The molecule has 2 heterocycles. The maximum absolute atomic E-state index is 13.2. The van der Waals surface area contributed by atoms with Crippen molar-refractivity contribution >= 4 is 33.0 Å². The number of hydrogen-bond acceptors (Lipinski definition) is 7. The minimum Gasteiger partial charge on any atom is -0.387 e. The van der Waals surface area contributed by atoms with Gasteiger partial charge in [0.2, 0.25) is 10.0 Å². The lowest BCUT2D eigenvalue weighted by molar-refractivity contribution is -0.110. The van der Waals surface area contributed by atoms with E-state index in [4.69, 9.17) is 9.57 Å². The van der Waals surface area contributed by atoms with Gasteiger partial charge in [-0.3, -0.25) is 4.79 Å². The molecule has 0 bridgehead atoms. The molecular formula is C24H30N4O5S. The molecule has 2 aromatic rings. The first kappa shape index (κ1) is 24.2. The maximum atomic E-state index is 13.2. The summed E-state index contributed by atoms with van der Waals surface area (Å²) in [6, 6.07) is 14.5. The van der Waals surface area contributed by atoms with Gasteiger partial charge in [-0.25, -0.2) is 8.42 Å². The molecular weight excluding hydrogens is 456 g/mol. The molecule has 1 N–H and O–H groups in total. The average molecular weight is 487 g/mol. The Morgan fingerprint density at radius 3 is 2.50 bits per heavy atom. The third-order valence-electron chi connectivity index (χ3n) is 6.03. The van der Waals surface area contributed by atoms with Crippen LogP contribution in [0.25, 0.3) is 0 Å². The number of nitrogens with zero attached hydrogens (tertiary/aromatic N) is 3. The number of carbonyl (C=O) groups excluding carboxylic acids is 1. The van der Waals surface area contributed by atoms with Gasteiger partial charge in [0.1, 0.15) is 5.71 Å². The molecule has 10 heteroatoms. The highest BCUT2D eigenvalue weighted by atomic mass is 32.2. The Kier molecular flexibility index (Phi) is 7.50. The minimum absolute atomic E-state index is 0.132. The van der Waals surface area contributed by atoms with Gasteiger partial charge in [-0.05, 0) is 37.6 Å². The Morgan fingerprint density at radius 2 is 1.82 bits per heavy atom. The zero-order valence-corrected chi connectivity index (χ0v) is 20.3. The van der Waals surface area contributed by atoms with E-state index in [0.29, 0.717) is 51.5 Å². The van der Waals surface area contributed by atoms with Gasteiger partial charge in [0, 0.05) is 32.6 Å². The van der Waals surface area contributed by atoms with Crippen molar-refractivity contribution in [2.45, 2.75) is 31.3 Å². The van der Waals surface area contributed by atoms with Gasteiger partial charge in [-0.2, -0.15) is 4.31 Å². The highest BCUT2D eigenvalue weighted by Crippen LogP contribution is 2.32. The number of rotatable bonds is 8. The molecule has 0 saturated carbocycles. The van der Waals surface area contributed by atoms with Crippen LogP contribution < -0.4 is 10.2 Å². The fraction of sp³-hybridized carbons (Fsp3) is 0.417. The van der Waals surface area contributed by atoms with Gasteiger partial charge in [0.25, 0.3) is 5.91 Å². The van der Waals surface area contributed by atoms with Gasteiger partial charge in [-0.1, -0.05) is 35.5 Å². The smallest absolute Gasteiger partial charge is 0.273 e. The van der Waals surface area contributed by atoms with E-state index in [0.717, 1.165) is 11.3 Å². The predicted octanol–water partition coefficient (Wildman–Crippen LogP) is 3.01. The number of ether oxygens (including phenoxy) is 1. The zero-order valence-electron chi connectivity index (χ0n) is 19.4. The van der Waals surface area contributed by atoms with Crippen LogP contribution in [0.4, 0.5) is 11.4 Å². The Hall–Kier alpha value is -2.95. The van der Waals surface area contributed by atoms with E-state index in [-0.39, 0.29) is 16.7 Å². The first-order chi connectivity index (χ1) is 16.4. The second-order valence-electron chi connectivity index (χ2n) is 8.07. The third-order valence-corrected chi connectivity index (χ3v) is 7.93. The molecule has 1 fully saturated rings. The second kappa shape index (κ2) is 10.5. The molecule has 0 spiro atoms. The summed E-state index contributed by atoms with van der Waals surface area (Å²) in [6.45, 7) is 6.75. The first-order valence-electron chi connectivity index (χ1n) is 11.5. The van der Waals surface area contributed by atoms with Gasteiger partial charge in [0.05, 0.1) is 29.5 Å². The molecule has 182 valence electrons. The second-order valence-corrected chi connectivity index (χ2v) is 10.0. The van der Waals surface area contributed by atoms with E-state index in [2.05, 4.69) is 15.4 Å². The van der Waals surface area contributed by atoms with Crippen molar-refractivity contribution in [3.05, 3.63) is 54.1 Å². The standard InChI is InChI=1S/C24H30N4O5S/c1-3-27(4-2)22-11-10-19(34(30,31)28-12-14-32-15-13-28)16-20(22)25-24(29)21-17-23(33-26-21)18-8-6-5-7-9-18/h5-11,16,23H,3-4,12-15,17H2,1-2H3,(H,25,29). The number of anilines is 2. The van der Waals surface area contributed by atoms with Crippen molar-refractivity contribution in [1.29, 1.82) is 0 Å². The van der Waals surface area contributed by atoms with Gasteiger partial charge in [0.15, 0.2) is 6.10 Å². The lowest BCUT2D eigenvalue weighted by atomic mass is 10.0. The Morgan fingerprint density at radius 1 is 1.12 bits per heavy atom. The van der Waals surface area contributed by atoms with Gasteiger partial charge >= 0.3 is 0 Å². The van der Waals surface area contributed by atoms with E-state index >= 15 is 0 Å². The molecule has 34 heavy (non-hydrogen) atoms. The van der Waals surface area contributed by atoms with E-state index in [9.17, 15) is 13.2 Å². The molecule has 4 rings (SSSR count). The highest BCUT2D eigenvalue weighted by molar-refractivity contribution is 7.89. The molecule has 2 aliphatic heterocycles. The number of hydrogen-bond donors (Lipinski definition) is 1. The lowest BCUT2D eigenvalue weighted by Gasteiger charge is -2.28.